The zero-order valence-corrected chi connectivity index (χ0v) is 31.6. The Morgan fingerprint density at radius 1 is 0.281 bits per heavy atom. The van der Waals surface area contributed by atoms with Crippen LogP contribution in [0.15, 0.2) is 200 Å². The third-order valence-corrected chi connectivity index (χ3v) is 12.2. The van der Waals surface area contributed by atoms with Crippen LogP contribution in [0.1, 0.15) is 0 Å². The molecular weight excluding hydrogens is 711 g/mol. The second-order valence-electron chi connectivity index (χ2n) is 14.4. The van der Waals surface area contributed by atoms with Gasteiger partial charge in [-0.15, -0.1) is 11.3 Å². The fraction of sp³-hybridized carbons (Fsp3) is 0. The van der Waals surface area contributed by atoms with E-state index in [0.29, 0.717) is 17.5 Å². The van der Waals surface area contributed by atoms with Crippen molar-refractivity contribution in [3.63, 3.8) is 0 Å². The normalized spacial score (nSPS) is 11.5. The molecule has 0 fully saturated rings. The van der Waals surface area contributed by atoms with Gasteiger partial charge in [0.05, 0.1) is 0 Å². The summed E-state index contributed by atoms with van der Waals surface area (Å²) in [6.45, 7) is 0. The first-order valence-electron chi connectivity index (χ1n) is 19.2. The van der Waals surface area contributed by atoms with E-state index in [1.165, 1.54) is 64.0 Å². The highest BCUT2D eigenvalue weighted by Crippen LogP contribution is 2.40. The van der Waals surface area contributed by atoms with E-state index in [0.717, 1.165) is 27.8 Å². The molecule has 0 bridgehead atoms. The summed E-state index contributed by atoms with van der Waals surface area (Å²) in [5, 5.41) is 7.36. The van der Waals surface area contributed by atoms with Gasteiger partial charge in [-0.25, -0.2) is 15.0 Å². The minimum Gasteiger partial charge on any atom is -0.208 e. The van der Waals surface area contributed by atoms with Crippen LogP contribution in [0.4, 0.5) is 0 Å². The van der Waals surface area contributed by atoms with Crippen molar-refractivity contribution >= 4 is 53.1 Å². The van der Waals surface area contributed by atoms with Crippen LogP contribution in [0, 0.1) is 0 Å². The molecule has 0 N–H and O–H groups in total. The first-order chi connectivity index (χ1) is 28.2. The number of thiophene rings is 1. The number of nitrogens with zero attached hydrogens (tertiary/aromatic N) is 3. The second kappa shape index (κ2) is 13.8. The van der Waals surface area contributed by atoms with Gasteiger partial charge in [-0.2, -0.15) is 0 Å². The maximum absolute atomic E-state index is 5.18. The lowest BCUT2D eigenvalue weighted by Gasteiger charge is -2.11. The lowest BCUT2D eigenvalue weighted by atomic mass is 9.97. The average Bonchev–Trinajstić information content (AvgIpc) is 3.68. The molecule has 0 amide bonds. The van der Waals surface area contributed by atoms with E-state index in [1.807, 2.05) is 0 Å². The summed E-state index contributed by atoms with van der Waals surface area (Å²) in [5.41, 5.74) is 9.95. The summed E-state index contributed by atoms with van der Waals surface area (Å²) in [4.78, 5) is 15.5. The Morgan fingerprint density at radius 3 is 1.39 bits per heavy atom. The Bertz CT molecular complexity index is 3280. The largest absolute Gasteiger partial charge is 0.208 e. The molecule has 9 aromatic carbocycles. The van der Waals surface area contributed by atoms with E-state index in [2.05, 4.69) is 200 Å². The number of fused-ring (bicyclic) bond motifs is 5. The quantitative estimate of drug-likeness (QED) is 0.170. The third-order valence-electron chi connectivity index (χ3n) is 10.9. The molecule has 3 nitrogen and oxygen atoms in total. The topological polar surface area (TPSA) is 38.7 Å². The summed E-state index contributed by atoms with van der Waals surface area (Å²) in [6, 6.07) is 71.2. The maximum Gasteiger partial charge on any atom is 0.165 e. The molecule has 11 aromatic rings. The molecular formula is C53H33N3S. The molecule has 0 aliphatic heterocycles. The zero-order chi connectivity index (χ0) is 37.7. The molecule has 0 atom stereocenters. The monoisotopic (exact) mass is 743 g/mol. The molecule has 0 saturated heterocycles. The molecule has 0 radical (unpaired) electrons. The first-order valence-corrected chi connectivity index (χ1v) is 20.0. The lowest BCUT2D eigenvalue weighted by molar-refractivity contribution is 1.08. The van der Waals surface area contributed by atoms with Gasteiger partial charge in [-0.3, -0.25) is 0 Å². The zero-order valence-electron chi connectivity index (χ0n) is 30.8. The van der Waals surface area contributed by atoms with E-state index >= 15 is 0 Å². The number of benzene rings is 9. The van der Waals surface area contributed by atoms with Crippen LogP contribution >= 0.6 is 11.3 Å². The van der Waals surface area contributed by atoms with Gasteiger partial charge >= 0.3 is 0 Å². The van der Waals surface area contributed by atoms with Crippen molar-refractivity contribution < 1.29 is 0 Å². The summed E-state index contributed by atoms with van der Waals surface area (Å²) in [5.74, 6) is 1.95. The summed E-state index contributed by atoms with van der Waals surface area (Å²) in [7, 11) is 0. The molecule has 266 valence electrons. The van der Waals surface area contributed by atoms with Crippen molar-refractivity contribution in [2.75, 3.05) is 0 Å². The number of rotatable bonds is 6. The Labute approximate surface area is 334 Å². The van der Waals surface area contributed by atoms with Crippen molar-refractivity contribution in [1.82, 2.24) is 15.0 Å². The van der Waals surface area contributed by atoms with Gasteiger partial charge in [0.15, 0.2) is 17.5 Å². The van der Waals surface area contributed by atoms with E-state index in [4.69, 9.17) is 15.0 Å². The van der Waals surface area contributed by atoms with Crippen LogP contribution in [0.3, 0.4) is 0 Å². The predicted octanol–water partition coefficient (Wildman–Crippen LogP) is 14.5. The van der Waals surface area contributed by atoms with Crippen molar-refractivity contribution in [3.8, 4) is 67.5 Å². The van der Waals surface area contributed by atoms with Crippen LogP contribution < -0.4 is 0 Å². The second-order valence-corrected chi connectivity index (χ2v) is 15.5. The predicted molar refractivity (Wildman–Crippen MR) is 240 cm³/mol. The first kappa shape index (κ1) is 33.1. The standard InChI is InChI=1S/C53H33N3S/c1-2-9-34(10-3-1)43-29-22-38-23-30-44(33-45(38)32-43)37-19-26-40(27-20-37)52-54-51(39-24-17-36(18-25-39)42-28-21-35-11-4-5-12-41(35)31-42)55-53(56-52)48-15-8-14-47-46-13-6-7-16-49(46)57-50(47)48/h1-33H. The highest BCUT2D eigenvalue weighted by molar-refractivity contribution is 7.26. The highest BCUT2D eigenvalue weighted by atomic mass is 32.1. The van der Waals surface area contributed by atoms with Crippen LogP contribution in [0.5, 0.6) is 0 Å². The van der Waals surface area contributed by atoms with Gasteiger partial charge in [0, 0.05) is 36.9 Å². The molecule has 11 rings (SSSR count). The summed E-state index contributed by atoms with van der Waals surface area (Å²) >= 11 is 1.79. The Hall–Kier alpha value is -7.27. The molecule has 0 aliphatic rings. The van der Waals surface area contributed by atoms with Crippen molar-refractivity contribution in [2.45, 2.75) is 0 Å². The molecule has 2 aromatic heterocycles. The maximum atomic E-state index is 5.18. The lowest BCUT2D eigenvalue weighted by Crippen LogP contribution is -2.00. The number of aromatic nitrogens is 3. The van der Waals surface area contributed by atoms with Crippen LogP contribution in [0.25, 0.3) is 109 Å². The highest BCUT2D eigenvalue weighted by Gasteiger charge is 2.17. The van der Waals surface area contributed by atoms with Gasteiger partial charge in [0.2, 0.25) is 0 Å². The Kier molecular flexibility index (Phi) is 8.01. The van der Waals surface area contributed by atoms with Gasteiger partial charge in [0.25, 0.3) is 0 Å². The molecule has 0 saturated carbocycles. The van der Waals surface area contributed by atoms with Crippen LogP contribution in [0.2, 0.25) is 0 Å². The van der Waals surface area contributed by atoms with E-state index in [1.54, 1.807) is 11.3 Å². The molecule has 2 heterocycles. The fourth-order valence-electron chi connectivity index (χ4n) is 7.91. The van der Waals surface area contributed by atoms with Crippen molar-refractivity contribution in [1.29, 1.82) is 0 Å². The molecule has 0 aliphatic carbocycles. The Balaban J connectivity index is 0.994. The number of hydrogen-bond donors (Lipinski definition) is 0. The van der Waals surface area contributed by atoms with Gasteiger partial charge in [-0.05, 0) is 85.3 Å². The molecule has 57 heavy (non-hydrogen) atoms. The van der Waals surface area contributed by atoms with E-state index in [-0.39, 0.29) is 0 Å². The van der Waals surface area contributed by atoms with Crippen LogP contribution in [-0.2, 0) is 0 Å². The van der Waals surface area contributed by atoms with Crippen molar-refractivity contribution in [3.05, 3.63) is 200 Å². The van der Waals surface area contributed by atoms with Gasteiger partial charge in [0.1, 0.15) is 0 Å². The average molecular weight is 744 g/mol. The van der Waals surface area contributed by atoms with E-state index in [9.17, 15) is 0 Å². The van der Waals surface area contributed by atoms with Gasteiger partial charge < -0.3 is 0 Å². The molecule has 0 unspecified atom stereocenters. The molecule has 4 heteroatoms. The van der Waals surface area contributed by atoms with Crippen molar-refractivity contribution in [2.24, 2.45) is 0 Å². The van der Waals surface area contributed by atoms with Crippen LogP contribution in [-0.4, -0.2) is 15.0 Å². The van der Waals surface area contributed by atoms with E-state index < -0.39 is 0 Å². The minimum absolute atomic E-state index is 0.643. The fourth-order valence-corrected chi connectivity index (χ4v) is 9.12. The van der Waals surface area contributed by atoms with Gasteiger partial charge in [-0.1, -0.05) is 170 Å². The summed E-state index contributed by atoms with van der Waals surface area (Å²) < 4.78 is 2.43. The third kappa shape index (κ3) is 6.13. The SMILES string of the molecule is c1ccc(-c2ccc3ccc(-c4ccc(-c5nc(-c6ccc(-c7ccc8ccccc8c7)cc6)nc(-c6cccc7c6sc6ccccc67)n5)cc4)cc3c2)cc1. The number of hydrogen-bond acceptors (Lipinski definition) is 4. The minimum atomic E-state index is 0.643. The molecule has 0 spiro atoms. The Morgan fingerprint density at radius 2 is 0.737 bits per heavy atom. The smallest absolute Gasteiger partial charge is 0.165 e. The summed E-state index contributed by atoms with van der Waals surface area (Å²) in [6.07, 6.45) is 0.